The van der Waals surface area contributed by atoms with Crippen molar-refractivity contribution >= 4 is 29.1 Å². The molecule has 31 heavy (non-hydrogen) atoms. The van der Waals surface area contributed by atoms with E-state index >= 15 is 0 Å². The highest BCUT2D eigenvalue weighted by Crippen LogP contribution is 2.32. The number of hydrogen-bond donors (Lipinski definition) is 2. The zero-order valence-corrected chi connectivity index (χ0v) is 18.7. The molecule has 3 heterocycles. The van der Waals surface area contributed by atoms with Gasteiger partial charge in [0.15, 0.2) is 16.6 Å². The molecule has 168 valence electrons. The molecule has 0 saturated carbocycles. The number of nitrogens with zero attached hydrogens (tertiary/aromatic N) is 2. The summed E-state index contributed by atoms with van der Waals surface area (Å²) in [6, 6.07) is 4.57. The van der Waals surface area contributed by atoms with Gasteiger partial charge in [-0.15, -0.1) is 0 Å². The number of carbonyl (C=O) groups excluding carboxylic acids is 2. The van der Waals surface area contributed by atoms with Crippen LogP contribution >= 0.6 is 12.2 Å². The molecule has 1 aromatic carbocycles. The first-order valence-electron chi connectivity index (χ1n) is 11.1. The van der Waals surface area contributed by atoms with Crippen molar-refractivity contribution in [2.24, 2.45) is 5.92 Å². The molecule has 0 radical (unpaired) electrons. The summed E-state index contributed by atoms with van der Waals surface area (Å²) in [6.45, 7) is 6.05. The van der Waals surface area contributed by atoms with Gasteiger partial charge in [-0.3, -0.25) is 9.59 Å². The second-order valence-electron chi connectivity index (χ2n) is 8.21. The average molecular weight is 447 g/mol. The Morgan fingerprint density at radius 3 is 2.52 bits per heavy atom. The minimum atomic E-state index is -0.536. The van der Waals surface area contributed by atoms with Crippen LogP contribution in [0.3, 0.4) is 0 Å². The summed E-state index contributed by atoms with van der Waals surface area (Å²) in [5, 5.41) is 7.00. The minimum Gasteiger partial charge on any atom is -0.454 e. The molecule has 2 amide bonds. The number of likely N-dealkylation sites (tertiary alicyclic amines) is 2. The van der Waals surface area contributed by atoms with E-state index in [1.165, 1.54) is 0 Å². The molecule has 0 spiro atoms. The Balaban J connectivity index is 1.46. The second kappa shape index (κ2) is 9.72. The van der Waals surface area contributed by atoms with Gasteiger partial charge in [0.05, 0.1) is 0 Å². The lowest BCUT2D eigenvalue weighted by Gasteiger charge is -2.38. The minimum absolute atomic E-state index is 0.0271. The maximum atomic E-state index is 13.3. The average Bonchev–Trinajstić information content (AvgIpc) is 3.49. The third kappa shape index (κ3) is 4.87. The molecule has 3 aliphatic heterocycles. The lowest BCUT2D eigenvalue weighted by atomic mass is 9.88. The maximum absolute atomic E-state index is 13.3. The Morgan fingerprint density at radius 1 is 1.10 bits per heavy atom. The zero-order chi connectivity index (χ0) is 21.8. The Labute approximate surface area is 188 Å². The van der Waals surface area contributed by atoms with E-state index in [0.717, 1.165) is 63.5 Å². The molecule has 1 atom stereocenters. The van der Waals surface area contributed by atoms with Crippen LogP contribution < -0.4 is 20.1 Å². The summed E-state index contributed by atoms with van der Waals surface area (Å²) in [7, 11) is 0. The van der Waals surface area contributed by atoms with Crippen LogP contribution in [0.2, 0.25) is 0 Å². The van der Waals surface area contributed by atoms with Crippen molar-refractivity contribution in [1.29, 1.82) is 0 Å². The molecule has 0 aromatic heterocycles. The van der Waals surface area contributed by atoms with Crippen molar-refractivity contribution in [3.05, 3.63) is 23.8 Å². The zero-order valence-electron chi connectivity index (χ0n) is 17.9. The van der Waals surface area contributed by atoms with Gasteiger partial charge in [-0.1, -0.05) is 0 Å². The standard InChI is InChI=1S/C22H30N4O4S/c1-2-23-22(31)26-11-7-15(8-12-26)19(21(28)25-9-3-4-10-25)24-20(27)16-5-6-17-18(13-16)30-14-29-17/h5-6,13,15,19H,2-4,7-12,14H2,1H3,(H,23,31)(H,24,27)/t19-/m1/s1. The molecule has 1 aromatic rings. The van der Waals surface area contributed by atoms with E-state index in [9.17, 15) is 9.59 Å². The van der Waals surface area contributed by atoms with Crippen LogP contribution in [0.4, 0.5) is 0 Å². The van der Waals surface area contributed by atoms with Crippen molar-refractivity contribution < 1.29 is 19.1 Å². The van der Waals surface area contributed by atoms with Gasteiger partial charge in [-0.2, -0.15) is 0 Å². The number of rotatable bonds is 5. The van der Waals surface area contributed by atoms with Crippen molar-refractivity contribution in [3.63, 3.8) is 0 Å². The highest BCUT2D eigenvalue weighted by atomic mass is 32.1. The van der Waals surface area contributed by atoms with Crippen LogP contribution in [-0.4, -0.2) is 72.3 Å². The fraction of sp³-hybridized carbons (Fsp3) is 0.591. The van der Waals surface area contributed by atoms with Crippen molar-refractivity contribution in [2.45, 2.75) is 38.6 Å². The summed E-state index contributed by atoms with van der Waals surface area (Å²) in [5.74, 6) is 1.03. The normalized spacial score (nSPS) is 19.3. The predicted molar refractivity (Wildman–Crippen MR) is 120 cm³/mol. The van der Waals surface area contributed by atoms with Gasteiger partial charge < -0.3 is 29.9 Å². The number of nitrogens with one attached hydrogen (secondary N) is 2. The number of carbonyl (C=O) groups is 2. The molecule has 9 heteroatoms. The number of benzene rings is 1. The summed E-state index contributed by atoms with van der Waals surface area (Å²) in [4.78, 5) is 30.4. The number of amides is 2. The Bertz CT molecular complexity index is 835. The fourth-order valence-electron chi connectivity index (χ4n) is 4.48. The molecule has 0 aliphatic carbocycles. The molecule has 3 aliphatic rings. The first-order valence-corrected chi connectivity index (χ1v) is 11.5. The molecular weight excluding hydrogens is 416 g/mol. The van der Waals surface area contributed by atoms with Crippen LogP contribution in [-0.2, 0) is 4.79 Å². The summed E-state index contributed by atoms with van der Waals surface area (Å²) >= 11 is 5.44. The summed E-state index contributed by atoms with van der Waals surface area (Å²) < 4.78 is 10.7. The Morgan fingerprint density at radius 2 is 1.81 bits per heavy atom. The summed E-state index contributed by atoms with van der Waals surface area (Å²) in [5.41, 5.74) is 0.467. The topological polar surface area (TPSA) is 83.1 Å². The van der Waals surface area contributed by atoms with Crippen LogP contribution in [0.1, 0.15) is 43.0 Å². The van der Waals surface area contributed by atoms with Gasteiger partial charge in [-0.05, 0) is 68.9 Å². The van der Waals surface area contributed by atoms with Crippen molar-refractivity contribution in [2.75, 3.05) is 39.5 Å². The monoisotopic (exact) mass is 446 g/mol. The number of hydrogen-bond acceptors (Lipinski definition) is 5. The fourth-order valence-corrected chi connectivity index (χ4v) is 4.80. The Hall–Kier alpha value is -2.55. The summed E-state index contributed by atoms with van der Waals surface area (Å²) in [6.07, 6.45) is 3.64. The smallest absolute Gasteiger partial charge is 0.252 e. The number of thiocarbonyl (C=S) groups is 1. The largest absolute Gasteiger partial charge is 0.454 e. The van der Waals surface area contributed by atoms with Gasteiger partial charge in [-0.25, -0.2) is 0 Å². The SMILES string of the molecule is CCNC(=S)N1CCC([C@@H](NC(=O)c2ccc3c(c2)OCO3)C(=O)N2CCCC2)CC1. The van der Waals surface area contributed by atoms with Crippen LogP contribution in [0.15, 0.2) is 18.2 Å². The highest BCUT2D eigenvalue weighted by molar-refractivity contribution is 7.80. The van der Waals surface area contributed by atoms with Crippen LogP contribution in [0.5, 0.6) is 11.5 Å². The molecule has 2 saturated heterocycles. The van der Waals surface area contributed by atoms with E-state index in [-0.39, 0.29) is 24.5 Å². The van der Waals surface area contributed by atoms with Gasteiger partial charge >= 0.3 is 0 Å². The van der Waals surface area contributed by atoms with E-state index in [4.69, 9.17) is 21.7 Å². The van der Waals surface area contributed by atoms with Gasteiger partial charge in [0.25, 0.3) is 5.91 Å². The highest BCUT2D eigenvalue weighted by Gasteiger charge is 2.36. The van der Waals surface area contributed by atoms with E-state index in [0.29, 0.717) is 17.1 Å². The number of ether oxygens (including phenoxy) is 2. The molecular formula is C22H30N4O4S. The van der Waals surface area contributed by atoms with Crippen LogP contribution in [0, 0.1) is 5.92 Å². The lowest BCUT2D eigenvalue weighted by Crippen LogP contribution is -2.55. The molecule has 0 unspecified atom stereocenters. The van der Waals surface area contributed by atoms with E-state index < -0.39 is 6.04 Å². The van der Waals surface area contributed by atoms with Crippen molar-refractivity contribution in [3.8, 4) is 11.5 Å². The third-order valence-electron chi connectivity index (χ3n) is 6.23. The van der Waals surface area contributed by atoms with Gasteiger partial charge in [0, 0.05) is 38.3 Å². The van der Waals surface area contributed by atoms with Gasteiger partial charge in [0.1, 0.15) is 6.04 Å². The third-order valence-corrected chi connectivity index (χ3v) is 6.63. The predicted octanol–water partition coefficient (Wildman–Crippen LogP) is 1.74. The molecule has 0 bridgehead atoms. The number of fused-ring (bicyclic) bond motifs is 1. The first kappa shape index (κ1) is 21.7. The molecule has 2 N–H and O–H groups in total. The Kier molecular flexibility index (Phi) is 6.80. The van der Waals surface area contributed by atoms with Crippen LogP contribution in [0.25, 0.3) is 0 Å². The van der Waals surface area contributed by atoms with E-state index in [1.807, 2.05) is 11.8 Å². The molecule has 8 nitrogen and oxygen atoms in total. The van der Waals surface area contributed by atoms with Crippen molar-refractivity contribution in [1.82, 2.24) is 20.4 Å². The first-order chi connectivity index (χ1) is 15.1. The van der Waals surface area contributed by atoms with Gasteiger partial charge in [0.2, 0.25) is 12.7 Å². The van der Waals surface area contributed by atoms with E-state index in [1.54, 1.807) is 18.2 Å². The molecule has 4 rings (SSSR count). The molecule has 2 fully saturated rings. The maximum Gasteiger partial charge on any atom is 0.252 e. The second-order valence-corrected chi connectivity index (χ2v) is 8.60. The quantitative estimate of drug-likeness (QED) is 0.667. The lowest BCUT2D eigenvalue weighted by molar-refractivity contribution is -0.134. The number of piperidine rings is 1. The van der Waals surface area contributed by atoms with E-state index in [2.05, 4.69) is 15.5 Å².